The molecule has 2 aromatic rings. The monoisotopic (exact) mass is 438 g/mol. The Morgan fingerprint density at radius 1 is 0.688 bits per heavy atom. The van der Waals surface area contributed by atoms with Crippen molar-refractivity contribution in [1.29, 1.82) is 10.5 Å². The Morgan fingerprint density at radius 3 is 1.12 bits per heavy atom. The summed E-state index contributed by atoms with van der Waals surface area (Å²) in [5.41, 5.74) is 0.440. The Kier molecular flexibility index (Phi) is 11.5. The predicted molar refractivity (Wildman–Crippen MR) is 104 cm³/mol. The minimum atomic E-state index is -2.33. The van der Waals surface area contributed by atoms with Gasteiger partial charge in [-0.25, -0.2) is 9.59 Å². The molecule has 0 atom stereocenters. The molecule has 0 amide bonds. The van der Waals surface area contributed by atoms with E-state index in [9.17, 15) is 9.59 Å². The van der Waals surface area contributed by atoms with Crippen molar-refractivity contribution in [3.63, 3.8) is 0 Å². The molecule has 11 heteroatoms. The summed E-state index contributed by atoms with van der Waals surface area (Å²) in [6, 6.07) is 14.9. The van der Waals surface area contributed by atoms with Crippen molar-refractivity contribution in [2.75, 3.05) is 0 Å². The smallest absolute Gasteiger partial charge is 0.346 e. The highest BCUT2D eigenvalue weighted by Gasteiger charge is 2.05. The standard InChI is InChI=1S/2C10H7NO3.CH2O3/c2*11-6-8(10(13)14)5-7-1-3-9(12)4-2-7;2-1(3)4/h2*1-5,12H,(H,13,14);(H2,2,3,4)/p-2/b2*8-5+;. The van der Waals surface area contributed by atoms with E-state index in [1.165, 1.54) is 60.7 Å². The van der Waals surface area contributed by atoms with E-state index < -0.39 is 18.1 Å². The molecule has 164 valence electrons. The van der Waals surface area contributed by atoms with E-state index in [2.05, 4.69) is 0 Å². The maximum atomic E-state index is 10.5. The number of aromatic hydroxyl groups is 2. The molecule has 0 aromatic heterocycles. The second-order valence-corrected chi connectivity index (χ2v) is 5.38. The largest absolute Gasteiger partial charge is 0.652 e. The number of carboxylic acids is 2. The van der Waals surface area contributed by atoms with Gasteiger partial charge >= 0.3 is 11.9 Å². The fourth-order valence-electron chi connectivity index (χ4n) is 1.76. The number of hydrogen-bond acceptors (Lipinski definition) is 9. The van der Waals surface area contributed by atoms with Crippen LogP contribution < -0.4 is 10.2 Å². The number of hydrogen-bond donors (Lipinski definition) is 4. The Labute approximate surface area is 180 Å². The summed E-state index contributed by atoms with van der Waals surface area (Å²) in [4.78, 5) is 29.3. The van der Waals surface area contributed by atoms with Gasteiger partial charge in [0, 0.05) is 0 Å². The van der Waals surface area contributed by atoms with E-state index in [1.807, 2.05) is 0 Å². The van der Waals surface area contributed by atoms with E-state index in [-0.39, 0.29) is 22.6 Å². The number of nitrogens with zero attached hydrogens (tertiary/aromatic N) is 2. The molecule has 0 unspecified atom stereocenters. The van der Waals surface area contributed by atoms with Crippen LogP contribution in [0.4, 0.5) is 4.79 Å². The van der Waals surface area contributed by atoms with E-state index in [4.69, 9.17) is 46.0 Å². The van der Waals surface area contributed by atoms with Crippen molar-refractivity contribution in [3.8, 4) is 23.6 Å². The van der Waals surface area contributed by atoms with Crippen LogP contribution >= 0.6 is 0 Å². The second kappa shape index (κ2) is 13.8. The summed E-state index contributed by atoms with van der Waals surface area (Å²) in [7, 11) is 0. The number of nitriles is 2. The molecule has 0 spiro atoms. The highest BCUT2D eigenvalue weighted by atomic mass is 16.6. The molecular weight excluding hydrogens is 424 g/mol. The first kappa shape index (κ1) is 26.7. The van der Waals surface area contributed by atoms with Crippen molar-refractivity contribution in [2.45, 2.75) is 0 Å². The molecule has 0 aliphatic heterocycles. The fraction of sp³-hybridized carbons (Fsp3) is 0. The number of carbonyl (C=O) groups excluding carboxylic acids is 1. The first-order valence-electron chi connectivity index (χ1n) is 8.16. The van der Waals surface area contributed by atoms with Crippen molar-refractivity contribution in [3.05, 3.63) is 70.8 Å². The summed E-state index contributed by atoms with van der Waals surface area (Å²) in [5, 5.41) is 68.6. The third-order valence-electron chi connectivity index (χ3n) is 3.11. The lowest BCUT2D eigenvalue weighted by atomic mass is 10.1. The second-order valence-electron chi connectivity index (χ2n) is 5.38. The molecule has 0 fully saturated rings. The van der Waals surface area contributed by atoms with Crippen molar-refractivity contribution >= 4 is 30.2 Å². The zero-order valence-corrected chi connectivity index (χ0v) is 16.0. The molecule has 2 aromatic carbocycles. The minimum absolute atomic E-state index is 0.0935. The maximum Gasteiger partial charge on any atom is 0.346 e. The third-order valence-corrected chi connectivity index (χ3v) is 3.11. The van der Waals surface area contributed by atoms with Gasteiger partial charge in [0.15, 0.2) is 0 Å². The Hall–Kier alpha value is -5.29. The van der Waals surface area contributed by atoms with Crippen molar-refractivity contribution < 1.29 is 45.0 Å². The van der Waals surface area contributed by atoms with Gasteiger partial charge in [-0.05, 0) is 53.7 Å². The van der Waals surface area contributed by atoms with Crippen molar-refractivity contribution in [1.82, 2.24) is 0 Å². The van der Waals surface area contributed by atoms with Crippen LogP contribution in [-0.4, -0.2) is 38.5 Å². The molecule has 11 nitrogen and oxygen atoms in total. The topological polar surface area (TPSA) is 226 Å². The summed E-state index contributed by atoms with van der Waals surface area (Å²) in [6.07, 6.45) is 0.142. The maximum absolute atomic E-state index is 10.5. The van der Waals surface area contributed by atoms with E-state index >= 15 is 0 Å². The van der Waals surface area contributed by atoms with E-state index in [1.54, 1.807) is 12.1 Å². The Bertz CT molecular complexity index is 1000. The number of carboxylic acid groups (broad SMARTS) is 4. The molecule has 0 saturated carbocycles. The summed E-state index contributed by atoms with van der Waals surface area (Å²) < 4.78 is 0. The lowest BCUT2D eigenvalue weighted by Crippen LogP contribution is -2.37. The van der Waals surface area contributed by atoms with Crippen molar-refractivity contribution in [2.24, 2.45) is 0 Å². The van der Waals surface area contributed by atoms with Crippen LogP contribution in [0.5, 0.6) is 11.5 Å². The van der Waals surface area contributed by atoms with Crippen LogP contribution in [0, 0.1) is 22.7 Å². The van der Waals surface area contributed by atoms with Crippen LogP contribution in [0.25, 0.3) is 12.2 Å². The first-order valence-corrected chi connectivity index (χ1v) is 8.16. The highest BCUT2D eigenvalue weighted by molar-refractivity contribution is 5.97. The van der Waals surface area contributed by atoms with Crippen LogP contribution in [-0.2, 0) is 9.59 Å². The highest BCUT2D eigenvalue weighted by Crippen LogP contribution is 2.13. The molecule has 2 rings (SSSR count). The van der Waals surface area contributed by atoms with Gasteiger partial charge in [0.1, 0.15) is 34.8 Å². The van der Waals surface area contributed by atoms with Gasteiger partial charge < -0.3 is 35.4 Å². The number of carbonyl (C=O) groups is 3. The lowest BCUT2D eigenvalue weighted by molar-refractivity contribution is -0.415. The molecule has 32 heavy (non-hydrogen) atoms. The van der Waals surface area contributed by atoms with Gasteiger partial charge in [0.05, 0.1) is 0 Å². The van der Waals surface area contributed by atoms with Gasteiger partial charge in [0.2, 0.25) is 0 Å². The number of phenolic OH excluding ortho intramolecular Hbond substituents is 2. The molecule has 0 bridgehead atoms. The van der Waals surface area contributed by atoms with Gasteiger partial charge in [-0.2, -0.15) is 10.5 Å². The summed E-state index contributed by atoms with van der Waals surface area (Å²) >= 11 is 0. The number of phenols is 2. The fourth-order valence-corrected chi connectivity index (χ4v) is 1.76. The summed E-state index contributed by atoms with van der Waals surface area (Å²) in [5.74, 6) is -2.34. The van der Waals surface area contributed by atoms with Gasteiger partial charge in [-0.15, -0.1) is 0 Å². The quantitative estimate of drug-likeness (QED) is 0.375. The average Bonchev–Trinajstić information content (AvgIpc) is 2.72. The predicted octanol–water partition coefficient (Wildman–Crippen LogP) is 0.321. The van der Waals surface area contributed by atoms with Crippen LogP contribution in [0.1, 0.15) is 11.1 Å². The van der Waals surface area contributed by atoms with Crippen LogP contribution in [0.2, 0.25) is 0 Å². The molecule has 0 radical (unpaired) electrons. The number of aliphatic carboxylic acids is 2. The number of benzene rings is 2. The summed E-state index contributed by atoms with van der Waals surface area (Å²) in [6.45, 7) is 0. The lowest BCUT2D eigenvalue weighted by Gasteiger charge is -1.96. The molecule has 0 aliphatic rings. The molecule has 0 heterocycles. The van der Waals surface area contributed by atoms with Crippen LogP contribution in [0.3, 0.4) is 0 Å². The van der Waals surface area contributed by atoms with E-state index in [0.717, 1.165) is 0 Å². The molecular formula is C21H14N2O9-2. The Balaban J connectivity index is 0.000000515. The zero-order chi connectivity index (χ0) is 24.7. The Morgan fingerprint density at radius 2 is 0.938 bits per heavy atom. The van der Waals surface area contributed by atoms with E-state index in [0.29, 0.717) is 11.1 Å². The van der Waals surface area contributed by atoms with Gasteiger partial charge in [-0.1, -0.05) is 24.3 Å². The van der Waals surface area contributed by atoms with Gasteiger partial charge in [0.25, 0.3) is 0 Å². The molecule has 0 aliphatic carbocycles. The average molecular weight is 438 g/mol. The van der Waals surface area contributed by atoms with Gasteiger partial charge in [-0.3, -0.25) is 0 Å². The zero-order valence-electron chi connectivity index (χ0n) is 16.0. The molecule has 4 N–H and O–H groups in total. The normalized spacial score (nSPS) is 10.1. The number of rotatable bonds is 4. The minimum Gasteiger partial charge on any atom is -0.652 e. The third kappa shape index (κ3) is 11.5. The SMILES string of the molecule is N#C/C(=C\c1ccc(O)cc1)C(=O)O.N#C/C(=C\c1ccc(O)cc1)C(=O)O.O=C([O-])[O-]. The first-order chi connectivity index (χ1) is 15.0. The van der Waals surface area contributed by atoms with Crippen LogP contribution in [0.15, 0.2) is 59.7 Å². The molecule has 0 saturated heterocycles.